The quantitative estimate of drug-likeness (QED) is 0.143. The minimum atomic E-state index is 0.578. The summed E-state index contributed by atoms with van der Waals surface area (Å²) in [5.74, 6) is 1.78. The summed E-state index contributed by atoms with van der Waals surface area (Å²) in [4.78, 5) is 19.1. The second-order valence-electron chi connectivity index (χ2n) is 17.9. The van der Waals surface area contributed by atoms with Gasteiger partial charge in [0.1, 0.15) is 0 Å². The maximum Gasteiger partial charge on any atom is 0.195 e. The fraction of sp³-hybridized carbons (Fsp3) is 0. The van der Waals surface area contributed by atoms with Gasteiger partial charge in [-0.2, -0.15) is 0 Å². The first-order valence-corrected chi connectivity index (χ1v) is 23.5. The van der Waals surface area contributed by atoms with E-state index in [2.05, 4.69) is 199 Å². The molecule has 11 aromatic carbocycles. The van der Waals surface area contributed by atoms with E-state index in [4.69, 9.17) is 21.5 Å². The van der Waals surface area contributed by atoms with Crippen LogP contribution in [0.2, 0.25) is 0 Å². The van der Waals surface area contributed by atoms with Crippen LogP contribution in [0.15, 0.2) is 243 Å². The van der Waals surface area contributed by atoms with Gasteiger partial charge in [-0.3, -0.25) is 0 Å². The van der Waals surface area contributed by atoms with Gasteiger partial charge in [-0.1, -0.05) is 212 Å². The number of nitrogens with zero attached hydrogens (tertiary/aromatic N) is 4. The maximum atomic E-state index is 8.25. The van der Waals surface area contributed by atoms with Crippen molar-refractivity contribution in [3.05, 3.63) is 254 Å². The Balaban J connectivity index is 0.770. The van der Waals surface area contributed by atoms with Crippen LogP contribution in [0.1, 0.15) is 0 Å². The average Bonchev–Trinajstić information content (AvgIpc) is 3.77. The lowest BCUT2D eigenvalue weighted by atomic mass is 9.94. The molecule has 0 saturated heterocycles. The van der Waals surface area contributed by atoms with E-state index in [1.165, 1.54) is 54.9 Å². The van der Waals surface area contributed by atoms with Crippen LogP contribution in [-0.4, -0.2) is 15.0 Å². The molecule has 1 heterocycles. The van der Waals surface area contributed by atoms with Crippen molar-refractivity contribution in [3.63, 3.8) is 0 Å². The summed E-state index contributed by atoms with van der Waals surface area (Å²) in [5, 5.41) is 5.04. The van der Waals surface area contributed by atoms with E-state index in [0.29, 0.717) is 23.2 Å². The lowest BCUT2D eigenvalue weighted by Crippen LogP contribution is -2.00. The van der Waals surface area contributed by atoms with E-state index in [0.717, 1.165) is 61.2 Å². The molecular weight excluding hydrogens is 849 g/mol. The maximum absolute atomic E-state index is 8.25. The Morgan fingerprint density at radius 3 is 1.36 bits per heavy atom. The molecule has 324 valence electrons. The predicted octanol–water partition coefficient (Wildman–Crippen LogP) is 17.7. The highest BCUT2D eigenvalue weighted by Gasteiger charge is 2.22. The van der Waals surface area contributed by atoms with Crippen molar-refractivity contribution >= 4 is 27.2 Å². The van der Waals surface area contributed by atoms with Crippen LogP contribution in [0.5, 0.6) is 0 Å². The smallest absolute Gasteiger partial charge is 0.195 e. The van der Waals surface area contributed by atoms with Crippen molar-refractivity contribution in [3.8, 4) is 112 Å². The summed E-state index contributed by atoms with van der Waals surface area (Å²) in [6, 6.07) is 85.3. The minimum Gasteiger partial charge on any atom is -0.237 e. The molecule has 0 bridgehead atoms. The molecule has 1 aliphatic rings. The first-order valence-electron chi connectivity index (χ1n) is 23.5. The monoisotopic (exact) mass is 888 g/mol. The van der Waals surface area contributed by atoms with Crippen LogP contribution in [0, 0.1) is 6.57 Å². The van der Waals surface area contributed by atoms with Crippen molar-refractivity contribution in [2.75, 3.05) is 0 Å². The highest BCUT2D eigenvalue weighted by Crippen LogP contribution is 2.48. The number of hydrogen-bond donors (Lipinski definition) is 0. The molecule has 0 N–H and O–H groups in total. The molecule has 0 amide bonds. The largest absolute Gasteiger partial charge is 0.237 e. The van der Waals surface area contributed by atoms with Gasteiger partial charge >= 0.3 is 0 Å². The van der Waals surface area contributed by atoms with Gasteiger partial charge in [0.15, 0.2) is 23.2 Å². The standard InChI is InChI=1S/C66H40N4/c1-67-62-41-55(51-18-7-17-50(37-51)43-23-25-44(26-24-43)54-34-36-58-59-21-9-15-46-16-10-22-60(63(46)59)61(58)40-54)33-35-57(62)45-28-30-48(31-29-45)65-68-64(47-12-3-2-4-13-47)69-66(70-65)56-20-8-19-52(39-56)53-32-27-42-11-5-6-14-49(42)38-53/h2-41H. The summed E-state index contributed by atoms with van der Waals surface area (Å²) < 4.78 is 0. The van der Waals surface area contributed by atoms with Gasteiger partial charge in [0.2, 0.25) is 0 Å². The summed E-state index contributed by atoms with van der Waals surface area (Å²) in [6.07, 6.45) is 0. The third-order valence-corrected chi connectivity index (χ3v) is 13.7. The molecular formula is C66H40N4. The summed E-state index contributed by atoms with van der Waals surface area (Å²) in [6.45, 7) is 8.25. The summed E-state index contributed by atoms with van der Waals surface area (Å²) >= 11 is 0. The Kier molecular flexibility index (Phi) is 9.85. The molecule has 13 rings (SSSR count). The SMILES string of the molecule is [C-]#[N+]c1cc(-c2cccc(-c3ccc(-c4ccc5c(c4)-c4cccc6cccc-5c46)cc3)c2)ccc1-c1ccc(-c2nc(-c3ccccc3)nc(-c3cccc(-c4ccc5ccccc5c4)c3)n2)cc1. The molecule has 0 spiro atoms. The Labute approximate surface area is 406 Å². The molecule has 12 aromatic rings. The molecule has 0 unspecified atom stereocenters. The third kappa shape index (κ3) is 7.31. The van der Waals surface area contributed by atoms with Gasteiger partial charge in [-0.25, -0.2) is 19.8 Å². The molecule has 4 nitrogen and oxygen atoms in total. The van der Waals surface area contributed by atoms with Crippen LogP contribution in [0.25, 0.3) is 138 Å². The average molecular weight is 889 g/mol. The first-order chi connectivity index (χ1) is 34.6. The molecule has 0 fully saturated rings. The van der Waals surface area contributed by atoms with Gasteiger partial charge < -0.3 is 0 Å². The number of hydrogen-bond acceptors (Lipinski definition) is 3. The zero-order valence-corrected chi connectivity index (χ0v) is 37.9. The van der Waals surface area contributed by atoms with E-state index >= 15 is 0 Å². The van der Waals surface area contributed by atoms with Crippen molar-refractivity contribution in [2.45, 2.75) is 0 Å². The van der Waals surface area contributed by atoms with Crippen molar-refractivity contribution in [1.29, 1.82) is 0 Å². The van der Waals surface area contributed by atoms with Crippen molar-refractivity contribution in [1.82, 2.24) is 15.0 Å². The Bertz CT molecular complexity index is 4050. The highest BCUT2D eigenvalue weighted by atomic mass is 15.0. The third-order valence-electron chi connectivity index (χ3n) is 13.7. The molecule has 0 radical (unpaired) electrons. The van der Waals surface area contributed by atoms with E-state index in [9.17, 15) is 0 Å². The van der Waals surface area contributed by atoms with Crippen LogP contribution in [0.4, 0.5) is 5.69 Å². The van der Waals surface area contributed by atoms with Gasteiger partial charge in [0.05, 0.1) is 6.57 Å². The summed E-state index contributed by atoms with van der Waals surface area (Å²) in [5.41, 5.74) is 19.2. The zero-order valence-electron chi connectivity index (χ0n) is 37.9. The second-order valence-corrected chi connectivity index (χ2v) is 17.9. The van der Waals surface area contributed by atoms with Gasteiger partial charge in [0.25, 0.3) is 0 Å². The molecule has 4 heteroatoms. The normalized spacial score (nSPS) is 11.4. The fourth-order valence-electron chi connectivity index (χ4n) is 10.1. The van der Waals surface area contributed by atoms with E-state index in [1.807, 2.05) is 48.5 Å². The van der Waals surface area contributed by atoms with E-state index < -0.39 is 0 Å². The van der Waals surface area contributed by atoms with Crippen LogP contribution in [-0.2, 0) is 0 Å². The Hall–Kier alpha value is -9.56. The lowest BCUT2D eigenvalue weighted by molar-refractivity contribution is 1.07. The lowest BCUT2D eigenvalue weighted by Gasteiger charge is -2.12. The molecule has 70 heavy (non-hydrogen) atoms. The number of aromatic nitrogens is 3. The van der Waals surface area contributed by atoms with Crippen LogP contribution < -0.4 is 0 Å². The Morgan fingerprint density at radius 1 is 0.243 bits per heavy atom. The van der Waals surface area contributed by atoms with E-state index in [-0.39, 0.29) is 0 Å². The summed E-state index contributed by atoms with van der Waals surface area (Å²) in [7, 11) is 0. The van der Waals surface area contributed by atoms with Gasteiger partial charge in [-0.15, -0.1) is 0 Å². The molecule has 0 atom stereocenters. The van der Waals surface area contributed by atoms with Gasteiger partial charge in [0, 0.05) is 16.7 Å². The molecule has 0 aliphatic heterocycles. The van der Waals surface area contributed by atoms with Crippen molar-refractivity contribution in [2.24, 2.45) is 0 Å². The number of benzene rings is 11. The molecule has 0 saturated carbocycles. The second kappa shape index (κ2) is 16.9. The zero-order chi connectivity index (χ0) is 46.5. The van der Waals surface area contributed by atoms with E-state index in [1.54, 1.807) is 0 Å². The predicted molar refractivity (Wildman–Crippen MR) is 289 cm³/mol. The first kappa shape index (κ1) is 40.7. The minimum absolute atomic E-state index is 0.578. The van der Waals surface area contributed by atoms with Gasteiger partial charge in [-0.05, 0) is 130 Å². The van der Waals surface area contributed by atoms with Crippen LogP contribution in [0.3, 0.4) is 0 Å². The number of rotatable bonds is 8. The molecule has 1 aliphatic carbocycles. The van der Waals surface area contributed by atoms with Crippen molar-refractivity contribution < 1.29 is 0 Å². The fourth-order valence-corrected chi connectivity index (χ4v) is 10.1. The highest BCUT2D eigenvalue weighted by molar-refractivity contribution is 6.15. The Morgan fingerprint density at radius 2 is 0.671 bits per heavy atom. The topological polar surface area (TPSA) is 43.0 Å². The molecule has 1 aromatic heterocycles. The van der Waals surface area contributed by atoms with Crippen LogP contribution >= 0.6 is 0 Å². The number of fused-ring (bicyclic) bond motifs is 4.